The minimum atomic E-state index is -2.97. The molecule has 4 heteroatoms. The van der Waals surface area contributed by atoms with Crippen LogP contribution in [0.3, 0.4) is 0 Å². The molecule has 0 aromatic carbocycles. The number of hydrogen-bond acceptors (Lipinski definition) is 2. The van der Waals surface area contributed by atoms with Crippen molar-refractivity contribution >= 4 is 0 Å². The Morgan fingerprint density at radius 1 is 1.36 bits per heavy atom. The molecule has 2 saturated heterocycles. The number of ether oxygens (including phenoxy) is 1. The van der Waals surface area contributed by atoms with E-state index in [0.29, 0.717) is 18.3 Å². The average Bonchev–Trinajstić information content (AvgIpc) is 2.12. The molecule has 0 radical (unpaired) electrons. The van der Waals surface area contributed by atoms with Crippen LogP contribution in [0.15, 0.2) is 0 Å². The van der Waals surface area contributed by atoms with Gasteiger partial charge in [0, 0.05) is 6.04 Å². The van der Waals surface area contributed by atoms with Crippen molar-refractivity contribution in [2.75, 3.05) is 6.61 Å². The van der Waals surface area contributed by atoms with Gasteiger partial charge in [-0.25, -0.2) is 0 Å². The van der Waals surface area contributed by atoms with E-state index < -0.39 is 12.2 Å². The first kappa shape index (κ1) is 10.3. The van der Waals surface area contributed by atoms with Crippen molar-refractivity contribution in [1.82, 2.24) is 5.32 Å². The molecular formula is C10H17F2NO. The highest BCUT2D eigenvalue weighted by molar-refractivity contribution is 4.93. The number of piperidine rings is 1. The SMILES string of the molecule is CC(C)C1CC2COC(F)(F)C(C1)N2. The Labute approximate surface area is 83.0 Å². The molecule has 1 N–H and O–H groups in total. The minimum Gasteiger partial charge on any atom is -0.318 e. The second-order valence-corrected chi connectivity index (χ2v) is 4.76. The van der Waals surface area contributed by atoms with Crippen LogP contribution in [0, 0.1) is 11.8 Å². The molecule has 14 heavy (non-hydrogen) atoms. The van der Waals surface area contributed by atoms with Crippen LogP contribution in [-0.4, -0.2) is 24.8 Å². The van der Waals surface area contributed by atoms with Crippen LogP contribution in [0.25, 0.3) is 0 Å². The number of alkyl halides is 2. The fourth-order valence-corrected chi connectivity index (χ4v) is 2.39. The van der Waals surface area contributed by atoms with E-state index in [1.807, 2.05) is 0 Å². The largest absolute Gasteiger partial charge is 0.371 e. The van der Waals surface area contributed by atoms with Gasteiger partial charge in [0.1, 0.15) is 0 Å². The lowest BCUT2D eigenvalue weighted by atomic mass is 9.79. The molecule has 2 aliphatic heterocycles. The van der Waals surface area contributed by atoms with Crippen molar-refractivity contribution in [2.45, 2.75) is 44.9 Å². The molecule has 2 rings (SSSR count). The molecule has 0 spiro atoms. The second kappa shape index (κ2) is 3.42. The summed E-state index contributed by atoms with van der Waals surface area (Å²) in [6, 6.07) is -0.650. The Morgan fingerprint density at radius 3 is 2.71 bits per heavy atom. The van der Waals surface area contributed by atoms with Crippen LogP contribution < -0.4 is 5.32 Å². The van der Waals surface area contributed by atoms with Crippen molar-refractivity contribution in [1.29, 1.82) is 0 Å². The van der Waals surface area contributed by atoms with Gasteiger partial charge < -0.3 is 10.1 Å². The molecule has 3 atom stereocenters. The Hall–Kier alpha value is -0.220. The Kier molecular flexibility index (Phi) is 2.52. The standard InChI is InChI=1S/C10H17F2NO/c1-6(2)7-3-8-5-14-10(11,12)9(4-7)13-8/h6-9,13H,3-5H2,1-2H3. The van der Waals surface area contributed by atoms with Crippen molar-refractivity contribution in [3.63, 3.8) is 0 Å². The lowest BCUT2D eigenvalue weighted by molar-refractivity contribution is -0.290. The number of hydrogen-bond donors (Lipinski definition) is 1. The van der Waals surface area contributed by atoms with Gasteiger partial charge in [0.2, 0.25) is 0 Å². The lowest BCUT2D eigenvalue weighted by Crippen LogP contribution is -2.62. The first-order valence-corrected chi connectivity index (χ1v) is 5.27. The fourth-order valence-electron chi connectivity index (χ4n) is 2.39. The van der Waals surface area contributed by atoms with Gasteiger partial charge in [-0.2, -0.15) is 8.78 Å². The maximum atomic E-state index is 13.2. The van der Waals surface area contributed by atoms with Gasteiger partial charge in [0.25, 0.3) is 0 Å². The summed E-state index contributed by atoms with van der Waals surface area (Å²) in [4.78, 5) is 0. The van der Waals surface area contributed by atoms with Crippen molar-refractivity contribution in [3.05, 3.63) is 0 Å². The molecule has 82 valence electrons. The van der Waals surface area contributed by atoms with E-state index in [-0.39, 0.29) is 12.6 Å². The van der Waals surface area contributed by atoms with Gasteiger partial charge in [0.05, 0.1) is 12.6 Å². The molecule has 0 aromatic rings. The minimum absolute atomic E-state index is 0.126. The molecule has 2 nitrogen and oxygen atoms in total. The van der Waals surface area contributed by atoms with Gasteiger partial charge in [0.15, 0.2) is 0 Å². The van der Waals surface area contributed by atoms with Crippen LogP contribution in [0.1, 0.15) is 26.7 Å². The zero-order valence-corrected chi connectivity index (χ0v) is 8.59. The first-order chi connectivity index (χ1) is 6.49. The predicted octanol–water partition coefficient (Wildman–Crippen LogP) is 2.00. The molecule has 0 amide bonds. The number of halogens is 2. The third-order valence-electron chi connectivity index (χ3n) is 3.39. The Morgan fingerprint density at radius 2 is 2.07 bits per heavy atom. The molecule has 2 fully saturated rings. The summed E-state index contributed by atoms with van der Waals surface area (Å²) in [6.45, 7) is 4.35. The van der Waals surface area contributed by atoms with Crippen molar-refractivity contribution in [2.24, 2.45) is 11.8 Å². The van der Waals surface area contributed by atoms with Gasteiger partial charge in [-0.1, -0.05) is 13.8 Å². The van der Waals surface area contributed by atoms with Crippen molar-refractivity contribution < 1.29 is 13.5 Å². The highest BCUT2D eigenvalue weighted by Gasteiger charge is 2.50. The molecule has 2 heterocycles. The van der Waals surface area contributed by atoms with E-state index >= 15 is 0 Å². The molecular weight excluding hydrogens is 188 g/mol. The number of fused-ring (bicyclic) bond motifs is 2. The zero-order valence-electron chi connectivity index (χ0n) is 8.59. The molecule has 2 bridgehead atoms. The topological polar surface area (TPSA) is 21.3 Å². The number of rotatable bonds is 1. The van der Waals surface area contributed by atoms with Crippen LogP contribution in [-0.2, 0) is 4.74 Å². The average molecular weight is 205 g/mol. The monoisotopic (exact) mass is 205 g/mol. The third kappa shape index (κ3) is 1.77. The van der Waals surface area contributed by atoms with Crippen molar-refractivity contribution in [3.8, 4) is 0 Å². The summed E-state index contributed by atoms with van der Waals surface area (Å²) in [5.41, 5.74) is 0. The summed E-state index contributed by atoms with van der Waals surface area (Å²) >= 11 is 0. The van der Waals surface area contributed by atoms with E-state index in [1.54, 1.807) is 0 Å². The fraction of sp³-hybridized carbons (Fsp3) is 1.00. The number of nitrogens with one attached hydrogen (secondary N) is 1. The summed E-state index contributed by atoms with van der Waals surface area (Å²) < 4.78 is 31.0. The highest BCUT2D eigenvalue weighted by atomic mass is 19.3. The normalized spacial score (nSPS) is 41.4. The highest BCUT2D eigenvalue weighted by Crippen LogP contribution is 2.37. The Balaban J connectivity index is 2.07. The molecule has 0 aliphatic carbocycles. The van der Waals surface area contributed by atoms with Gasteiger partial charge in [-0.15, -0.1) is 0 Å². The van der Waals surface area contributed by atoms with Gasteiger partial charge >= 0.3 is 6.11 Å². The predicted molar refractivity (Wildman–Crippen MR) is 49.2 cm³/mol. The maximum Gasteiger partial charge on any atom is 0.371 e. The van der Waals surface area contributed by atoms with Crippen LogP contribution in [0.4, 0.5) is 8.78 Å². The molecule has 0 aromatic heterocycles. The van der Waals surface area contributed by atoms with Crippen LogP contribution in [0.5, 0.6) is 0 Å². The summed E-state index contributed by atoms with van der Waals surface area (Å²) in [7, 11) is 0. The maximum absolute atomic E-state index is 13.2. The molecule has 2 aliphatic rings. The quantitative estimate of drug-likeness (QED) is 0.707. The molecule has 0 saturated carbocycles. The van der Waals surface area contributed by atoms with Gasteiger partial charge in [-0.05, 0) is 24.7 Å². The van der Waals surface area contributed by atoms with E-state index in [1.165, 1.54) is 0 Å². The summed E-state index contributed by atoms with van der Waals surface area (Å²) in [5.74, 6) is 0.886. The summed E-state index contributed by atoms with van der Waals surface area (Å²) in [5, 5.41) is 2.95. The van der Waals surface area contributed by atoms with E-state index in [0.717, 1.165) is 6.42 Å². The third-order valence-corrected chi connectivity index (χ3v) is 3.39. The molecule has 3 unspecified atom stereocenters. The van der Waals surface area contributed by atoms with E-state index in [2.05, 4.69) is 23.9 Å². The lowest BCUT2D eigenvalue weighted by Gasteiger charge is -2.45. The van der Waals surface area contributed by atoms with E-state index in [4.69, 9.17) is 0 Å². The van der Waals surface area contributed by atoms with Gasteiger partial charge in [-0.3, -0.25) is 0 Å². The van der Waals surface area contributed by atoms with Crippen LogP contribution >= 0.6 is 0 Å². The second-order valence-electron chi connectivity index (χ2n) is 4.76. The zero-order chi connectivity index (χ0) is 10.3. The van der Waals surface area contributed by atoms with E-state index in [9.17, 15) is 8.78 Å². The first-order valence-electron chi connectivity index (χ1n) is 5.27. The number of morpholine rings is 1. The Bertz CT molecular complexity index is 218. The van der Waals surface area contributed by atoms with Crippen LogP contribution in [0.2, 0.25) is 0 Å². The summed E-state index contributed by atoms with van der Waals surface area (Å²) in [6.07, 6.45) is -1.48. The smallest absolute Gasteiger partial charge is 0.318 e.